The van der Waals surface area contributed by atoms with Gasteiger partial charge in [-0.2, -0.15) is 0 Å². The van der Waals surface area contributed by atoms with Crippen LogP contribution in [0.4, 0.5) is 4.39 Å². The van der Waals surface area contributed by atoms with Crippen molar-refractivity contribution in [3.05, 3.63) is 84.2 Å². The Hall–Kier alpha value is -2.42. The van der Waals surface area contributed by atoms with E-state index in [1.165, 1.54) is 11.6 Å². The van der Waals surface area contributed by atoms with Gasteiger partial charge in [-0.15, -0.1) is 24.0 Å². The van der Waals surface area contributed by atoms with Crippen molar-refractivity contribution in [2.24, 2.45) is 4.99 Å². The van der Waals surface area contributed by atoms with E-state index < -0.39 is 0 Å². The molecule has 27 heavy (non-hydrogen) atoms. The van der Waals surface area contributed by atoms with Crippen LogP contribution in [0.1, 0.15) is 24.1 Å². The Morgan fingerprint density at radius 2 is 2.00 bits per heavy atom. The predicted octanol–water partition coefficient (Wildman–Crippen LogP) is 4.06. The zero-order valence-corrected chi connectivity index (χ0v) is 17.6. The fourth-order valence-corrected chi connectivity index (χ4v) is 2.68. The third kappa shape index (κ3) is 5.53. The molecule has 0 aliphatic rings. The van der Waals surface area contributed by atoms with E-state index in [2.05, 4.69) is 39.7 Å². The van der Waals surface area contributed by atoms with Crippen molar-refractivity contribution in [3.63, 3.8) is 0 Å². The topological polar surface area (TPSA) is 54.2 Å². The fourth-order valence-electron chi connectivity index (χ4n) is 2.68. The largest absolute Gasteiger partial charge is 0.352 e. The second-order valence-corrected chi connectivity index (χ2v) is 5.96. The van der Waals surface area contributed by atoms with Crippen LogP contribution in [-0.2, 0) is 6.54 Å². The summed E-state index contributed by atoms with van der Waals surface area (Å²) in [4.78, 5) is 8.18. The SMILES string of the molecule is CN=C(NCc1ccc(-n2ccnc2)c(F)c1)NC(C)c1ccccc1.I. The number of guanidine groups is 1. The van der Waals surface area contributed by atoms with Gasteiger partial charge < -0.3 is 15.2 Å². The smallest absolute Gasteiger partial charge is 0.191 e. The lowest BCUT2D eigenvalue weighted by Crippen LogP contribution is -2.38. The van der Waals surface area contributed by atoms with Crippen LogP contribution in [0, 0.1) is 5.82 Å². The number of imidazole rings is 1. The van der Waals surface area contributed by atoms with Crippen molar-refractivity contribution in [2.75, 3.05) is 7.05 Å². The van der Waals surface area contributed by atoms with Crippen LogP contribution in [0.25, 0.3) is 5.69 Å². The predicted molar refractivity (Wildman–Crippen MR) is 117 cm³/mol. The average Bonchev–Trinajstić information content (AvgIpc) is 3.20. The summed E-state index contributed by atoms with van der Waals surface area (Å²) in [6, 6.07) is 15.4. The quantitative estimate of drug-likeness (QED) is 0.330. The lowest BCUT2D eigenvalue weighted by atomic mass is 10.1. The molecule has 0 spiro atoms. The van der Waals surface area contributed by atoms with Gasteiger partial charge in [0.25, 0.3) is 0 Å². The second kappa shape index (κ2) is 10.1. The van der Waals surface area contributed by atoms with Gasteiger partial charge in [0.2, 0.25) is 0 Å². The van der Waals surface area contributed by atoms with E-state index in [1.807, 2.05) is 24.3 Å². The van der Waals surface area contributed by atoms with Crippen LogP contribution in [-0.4, -0.2) is 22.6 Å². The van der Waals surface area contributed by atoms with Gasteiger partial charge >= 0.3 is 0 Å². The molecule has 7 heteroatoms. The molecule has 0 saturated carbocycles. The van der Waals surface area contributed by atoms with E-state index in [1.54, 1.807) is 36.4 Å². The first kappa shape index (κ1) is 20.9. The lowest BCUT2D eigenvalue weighted by Gasteiger charge is -2.18. The average molecular weight is 479 g/mol. The minimum absolute atomic E-state index is 0. The Bertz CT molecular complexity index is 865. The molecule has 3 rings (SSSR count). The highest BCUT2D eigenvalue weighted by atomic mass is 127. The highest BCUT2D eigenvalue weighted by Gasteiger charge is 2.09. The zero-order chi connectivity index (χ0) is 18.4. The number of nitrogens with zero attached hydrogens (tertiary/aromatic N) is 3. The number of hydrogen-bond acceptors (Lipinski definition) is 2. The van der Waals surface area contributed by atoms with Crippen molar-refractivity contribution >= 4 is 29.9 Å². The molecule has 1 aromatic heterocycles. The van der Waals surface area contributed by atoms with Crippen LogP contribution in [0.3, 0.4) is 0 Å². The molecule has 5 nitrogen and oxygen atoms in total. The number of hydrogen-bond donors (Lipinski definition) is 2. The molecule has 2 aromatic carbocycles. The Kier molecular flexibility index (Phi) is 7.78. The molecule has 0 saturated heterocycles. The van der Waals surface area contributed by atoms with Crippen molar-refractivity contribution < 1.29 is 4.39 Å². The minimum atomic E-state index is -0.289. The Morgan fingerprint density at radius 3 is 2.63 bits per heavy atom. The van der Waals surface area contributed by atoms with Crippen molar-refractivity contribution in [3.8, 4) is 5.69 Å². The van der Waals surface area contributed by atoms with Gasteiger partial charge in [-0.3, -0.25) is 4.99 Å². The lowest BCUT2D eigenvalue weighted by molar-refractivity contribution is 0.614. The van der Waals surface area contributed by atoms with Gasteiger partial charge in [0.05, 0.1) is 18.1 Å². The first-order valence-corrected chi connectivity index (χ1v) is 8.46. The number of nitrogens with one attached hydrogen (secondary N) is 2. The van der Waals surface area contributed by atoms with E-state index in [-0.39, 0.29) is 35.8 Å². The molecule has 0 aliphatic heterocycles. The number of rotatable bonds is 5. The van der Waals surface area contributed by atoms with Crippen molar-refractivity contribution in [1.29, 1.82) is 0 Å². The first-order valence-electron chi connectivity index (χ1n) is 8.46. The maximum atomic E-state index is 14.3. The van der Waals surface area contributed by atoms with E-state index in [0.29, 0.717) is 18.2 Å². The van der Waals surface area contributed by atoms with Gasteiger partial charge in [0.1, 0.15) is 5.82 Å². The van der Waals surface area contributed by atoms with Crippen LogP contribution in [0.5, 0.6) is 0 Å². The van der Waals surface area contributed by atoms with Gasteiger partial charge in [0, 0.05) is 26.0 Å². The van der Waals surface area contributed by atoms with Crippen molar-refractivity contribution in [1.82, 2.24) is 20.2 Å². The highest BCUT2D eigenvalue weighted by molar-refractivity contribution is 14.0. The summed E-state index contributed by atoms with van der Waals surface area (Å²) in [5.74, 6) is 0.378. The molecule has 0 aliphatic carbocycles. The molecule has 1 unspecified atom stereocenters. The van der Waals surface area contributed by atoms with Crippen LogP contribution < -0.4 is 10.6 Å². The summed E-state index contributed by atoms with van der Waals surface area (Å²) < 4.78 is 16.0. The molecule has 0 bridgehead atoms. The molecule has 0 amide bonds. The maximum Gasteiger partial charge on any atom is 0.191 e. The van der Waals surface area contributed by atoms with E-state index >= 15 is 0 Å². The summed E-state index contributed by atoms with van der Waals surface area (Å²) in [6.45, 7) is 2.55. The van der Waals surface area contributed by atoms with E-state index in [4.69, 9.17) is 0 Å². The second-order valence-electron chi connectivity index (χ2n) is 5.96. The molecule has 0 radical (unpaired) electrons. The molecule has 1 atom stereocenters. The number of benzene rings is 2. The molecule has 3 aromatic rings. The molecule has 2 N–H and O–H groups in total. The minimum Gasteiger partial charge on any atom is -0.352 e. The number of halogens is 2. The zero-order valence-electron chi connectivity index (χ0n) is 15.3. The Labute approximate surface area is 175 Å². The number of aromatic nitrogens is 2. The van der Waals surface area contributed by atoms with Gasteiger partial charge in [-0.25, -0.2) is 9.37 Å². The third-order valence-corrected chi connectivity index (χ3v) is 4.13. The van der Waals surface area contributed by atoms with E-state index in [9.17, 15) is 4.39 Å². The van der Waals surface area contributed by atoms with Gasteiger partial charge in [-0.1, -0.05) is 36.4 Å². The summed E-state index contributed by atoms with van der Waals surface area (Å²) >= 11 is 0. The van der Waals surface area contributed by atoms with Crippen molar-refractivity contribution in [2.45, 2.75) is 19.5 Å². The summed E-state index contributed by atoms with van der Waals surface area (Å²) in [6.07, 6.45) is 4.92. The normalized spacial score (nSPS) is 12.2. The molecule has 142 valence electrons. The van der Waals surface area contributed by atoms with Crippen LogP contribution in [0.2, 0.25) is 0 Å². The molecular weight excluding hydrogens is 456 g/mol. The monoisotopic (exact) mass is 479 g/mol. The summed E-state index contributed by atoms with van der Waals surface area (Å²) in [5.41, 5.74) is 2.49. The molecular formula is C20H23FIN5. The van der Waals surface area contributed by atoms with Gasteiger partial charge in [0.15, 0.2) is 5.96 Å². The fraction of sp³-hybridized carbons (Fsp3) is 0.200. The highest BCUT2D eigenvalue weighted by Crippen LogP contribution is 2.15. The van der Waals surface area contributed by atoms with Crippen LogP contribution >= 0.6 is 24.0 Å². The standard InChI is InChI=1S/C20H22FN5.HI/c1-15(17-6-4-3-5-7-17)25-20(22-2)24-13-16-8-9-19(18(21)12-16)26-11-10-23-14-26;/h3-12,14-15H,13H2,1-2H3,(H2,22,24,25);1H. The number of aliphatic imine (C=N–C) groups is 1. The van der Waals surface area contributed by atoms with E-state index in [0.717, 1.165) is 5.56 Å². The van der Waals surface area contributed by atoms with Gasteiger partial charge in [-0.05, 0) is 30.2 Å². The van der Waals surface area contributed by atoms with Crippen LogP contribution in [0.15, 0.2) is 72.2 Å². The molecule has 1 heterocycles. The Balaban J connectivity index is 0.00000261. The Morgan fingerprint density at radius 1 is 1.22 bits per heavy atom. The molecule has 0 fully saturated rings. The third-order valence-electron chi connectivity index (χ3n) is 4.13. The summed E-state index contributed by atoms with van der Waals surface area (Å²) in [7, 11) is 1.72. The maximum absolute atomic E-state index is 14.3. The first-order chi connectivity index (χ1) is 12.7. The summed E-state index contributed by atoms with van der Waals surface area (Å²) in [5, 5.41) is 6.56.